The van der Waals surface area contributed by atoms with Crippen LogP contribution in [0.4, 0.5) is 30.5 Å². The Morgan fingerprint density at radius 1 is 1.03 bits per heavy atom. The number of aromatic nitrogens is 4. The van der Waals surface area contributed by atoms with Gasteiger partial charge in [0.15, 0.2) is 11.5 Å². The van der Waals surface area contributed by atoms with E-state index in [0.29, 0.717) is 35.9 Å². The first-order valence-electron chi connectivity index (χ1n) is 12.8. The molecule has 3 aromatic heterocycles. The van der Waals surface area contributed by atoms with Crippen molar-refractivity contribution in [1.82, 2.24) is 19.6 Å². The summed E-state index contributed by atoms with van der Waals surface area (Å²) in [5, 5.41) is 14.5. The van der Waals surface area contributed by atoms with E-state index in [1.54, 1.807) is 29.4 Å². The zero-order chi connectivity index (χ0) is 26.8. The maximum atomic E-state index is 14.6. The average Bonchev–Trinajstić information content (AvgIpc) is 3.70. The molecule has 0 bridgehead atoms. The smallest absolute Gasteiger partial charge is 0.278 e. The lowest BCUT2D eigenvalue weighted by Gasteiger charge is -2.26. The van der Waals surface area contributed by atoms with E-state index in [9.17, 15) is 23.1 Å². The first kappa shape index (κ1) is 23.9. The number of amides is 1. The highest BCUT2D eigenvalue weighted by molar-refractivity contribution is 6.08. The van der Waals surface area contributed by atoms with Crippen LogP contribution in [0.25, 0.3) is 5.65 Å². The quantitative estimate of drug-likeness (QED) is 0.428. The molecule has 6 heterocycles. The summed E-state index contributed by atoms with van der Waals surface area (Å²) in [6.07, 6.45) is 2.25. The molecule has 0 spiro atoms. The van der Waals surface area contributed by atoms with E-state index >= 15 is 0 Å². The van der Waals surface area contributed by atoms with Crippen molar-refractivity contribution in [2.24, 2.45) is 0 Å². The lowest BCUT2D eigenvalue weighted by molar-refractivity contribution is 0.0991. The molecule has 39 heavy (non-hydrogen) atoms. The number of nitrogens with zero attached hydrogens (tertiary/aromatic N) is 7. The number of aliphatic hydroxyl groups is 1. The summed E-state index contributed by atoms with van der Waals surface area (Å²) in [6.45, 7) is 1.47. The second-order valence-corrected chi connectivity index (χ2v) is 10.2. The number of imidazole rings is 1. The Balaban J connectivity index is 1.22. The van der Waals surface area contributed by atoms with E-state index < -0.39 is 23.8 Å². The molecule has 200 valence electrons. The second kappa shape index (κ2) is 8.94. The molecule has 1 amide bonds. The molecule has 1 N–H and O–H groups in total. The van der Waals surface area contributed by atoms with Crippen molar-refractivity contribution in [1.29, 1.82) is 0 Å². The Morgan fingerprint density at radius 3 is 2.72 bits per heavy atom. The number of benzene rings is 1. The highest BCUT2D eigenvalue weighted by Gasteiger charge is 2.37. The fourth-order valence-electron chi connectivity index (χ4n) is 5.81. The number of carbonyl (C=O) groups excluding carboxylic acids is 1. The van der Waals surface area contributed by atoms with Crippen LogP contribution in [0, 0.1) is 11.6 Å². The van der Waals surface area contributed by atoms with Crippen LogP contribution in [0.5, 0.6) is 0 Å². The Hall–Kier alpha value is -4.19. The van der Waals surface area contributed by atoms with Crippen LogP contribution in [0.1, 0.15) is 40.5 Å². The molecule has 7 rings (SSSR count). The van der Waals surface area contributed by atoms with Gasteiger partial charge in [-0.05, 0) is 42.8 Å². The predicted octanol–water partition coefficient (Wildman–Crippen LogP) is 3.42. The number of hydrogen-bond donors (Lipinski definition) is 1. The Morgan fingerprint density at radius 2 is 1.90 bits per heavy atom. The number of alkyl halides is 1. The highest BCUT2D eigenvalue weighted by atomic mass is 19.1. The first-order valence-corrected chi connectivity index (χ1v) is 12.8. The monoisotopic (exact) mass is 535 g/mol. The van der Waals surface area contributed by atoms with Crippen LogP contribution < -0.4 is 14.7 Å². The topological polar surface area (TPSA) is 90.1 Å². The lowest BCUT2D eigenvalue weighted by atomic mass is 10.0. The molecular formula is C27H24F3N7O2. The van der Waals surface area contributed by atoms with Crippen LogP contribution in [-0.4, -0.2) is 62.5 Å². The minimum Gasteiger partial charge on any atom is -0.391 e. The Bertz CT molecular complexity index is 1610. The predicted molar refractivity (Wildman–Crippen MR) is 137 cm³/mol. The van der Waals surface area contributed by atoms with Gasteiger partial charge in [0.05, 0.1) is 43.3 Å². The minimum absolute atomic E-state index is 0.00115. The van der Waals surface area contributed by atoms with E-state index in [1.807, 2.05) is 11.0 Å². The van der Waals surface area contributed by atoms with Crippen molar-refractivity contribution < 1.29 is 23.1 Å². The minimum atomic E-state index is -1.25. The number of rotatable bonds is 4. The number of pyridine rings is 1. The van der Waals surface area contributed by atoms with Crippen molar-refractivity contribution in [2.45, 2.75) is 37.7 Å². The maximum absolute atomic E-state index is 14.6. The molecule has 0 unspecified atom stereocenters. The number of carbonyl (C=O) groups is 1. The second-order valence-electron chi connectivity index (χ2n) is 10.2. The van der Waals surface area contributed by atoms with Crippen LogP contribution in [0.2, 0.25) is 0 Å². The lowest BCUT2D eigenvalue weighted by Crippen LogP contribution is -2.27. The van der Waals surface area contributed by atoms with Gasteiger partial charge in [-0.25, -0.2) is 23.1 Å². The summed E-state index contributed by atoms with van der Waals surface area (Å²) < 4.78 is 44.6. The number of aliphatic hydroxyl groups excluding tert-OH is 1. The van der Waals surface area contributed by atoms with Gasteiger partial charge in [0.25, 0.3) is 5.91 Å². The molecule has 9 nitrogen and oxygen atoms in total. The largest absolute Gasteiger partial charge is 0.391 e. The summed E-state index contributed by atoms with van der Waals surface area (Å²) in [5.74, 6) is -0.735. The summed E-state index contributed by atoms with van der Waals surface area (Å²) >= 11 is 0. The van der Waals surface area contributed by atoms with Gasteiger partial charge < -0.3 is 14.9 Å². The van der Waals surface area contributed by atoms with E-state index in [2.05, 4.69) is 15.1 Å². The summed E-state index contributed by atoms with van der Waals surface area (Å²) in [4.78, 5) is 27.3. The van der Waals surface area contributed by atoms with Gasteiger partial charge in [0, 0.05) is 30.6 Å². The van der Waals surface area contributed by atoms with Crippen molar-refractivity contribution in [3.05, 3.63) is 77.2 Å². The van der Waals surface area contributed by atoms with Gasteiger partial charge in [-0.15, -0.1) is 5.10 Å². The normalized spacial score (nSPS) is 22.9. The summed E-state index contributed by atoms with van der Waals surface area (Å²) in [5.41, 5.74) is 2.49. The van der Waals surface area contributed by atoms with Gasteiger partial charge in [-0.3, -0.25) is 9.69 Å². The van der Waals surface area contributed by atoms with Gasteiger partial charge in [0.1, 0.15) is 29.3 Å². The fraction of sp³-hybridized carbons (Fsp3) is 0.333. The molecule has 3 aliphatic heterocycles. The average molecular weight is 536 g/mol. The maximum Gasteiger partial charge on any atom is 0.278 e. The summed E-state index contributed by atoms with van der Waals surface area (Å²) in [6, 6.07) is 7.70. The standard InChI is InChI=1S/C27H24F3N7O2/c28-16-1-2-21(30)20(8-16)22-9-17(29)13-35(22)24-4-3-23-31-11-25(37(23)33-24)36-12-15-7-18(10-32-26(15)27(36)39)34-6-5-19(38)14-34/h1-4,7-8,10-11,17,19,22,38H,5-6,9,12-14H2/t17-,19-,22+/m0/s1. The van der Waals surface area contributed by atoms with Crippen LogP contribution in [0.15, 0.2) is 48.8 Å². The zero-order valence-electron chi connectivity index (χ0n) is 20.7. The Labute approximate surface area is 221 Å². The molecule has 12 heteroatoms. The molecule has 2 saturated heterocycles. The van der Waals surface area contributed by atoms with Gasteiger partial charge in [0.2, 0.25) is 0 Å². The fourth-order valence-corrected chi connectivity index (χ4v) is 5.81. The van der Waals surface area contributed by atoms with Crippen molar-refractivity contribution in [2.75, 3.05) is 34.3 Å². The third kappa shape index (κ3) is 3.97. The third-order valence-electron chi connectivity index (χ3n) is 7.73. The molecule has 0 aliphatic carbocycles. The van der Waals surface area contributed by atoms with Crippen LogP contribution in [0.3, 0.4) is 0 Å². The number of β-amino-alcohol motifs (C(OH)–C–C–N with tert-alkyl or cyclic N) is 1. The van der Waals surface area contributed by atoms with Crippen LogP contribution in [-0.2, 0) is 6.54 Å². The number of fused-ring (bicyclic) bond motifs is 2. The number of halogens is 3. The van der Waals surface area contributed by atoms with Gasteiger partial charge in [-0.1, -0.05) is 0 Å². The molecule has 3 atom stereocenters. The molecular weight excluding hydrogens is 511 g/mol. The number of anilines is 3. The Kier molecular flexibility index (Phi) is 5.48. The highest BCUT2D eigenvalue weighted by Crippen LogP contribution is 2.38. The van der Waals surface area contributed by atoms with Crippen molar-refractivity contribution >= 4 is 28.9 Å². The zero-order valence-corrected chi connectivity index (χ0v) is 20.7. The SMILES string of the molecule is O=C1c2ncc(N3CC[C@H](O)C3)cc2CN1c1cnc2ccc(N3C[C@@H](F)C[C@@H]3c3cc(F)ccc3F)nn12. The van der Waals surface area contributed by atoms with Crippen LogP contribution >= 0.6 is 0 Å². The van der Waals surface area contributed by atoms with Gasteiger partial charge >= 0.3 is 0 Å². The van der Waals surface area contributed by atoms with E-state index in [4.69, 9.17) is 0 Å². The number of hydrogen-bond acceptors (Lipinski definition) is 7. The molecule has 2 fully saturated rings. The molecule has 1 aromatic carbocycles. The summed E-state index contributed by atoms with van der Waals surface area (Å²) in [7, 11) is 0. The van der Waals surface area contributed by atoms with Gasteiger partial charge in [-0.2, -0.15) is 4.52 Å². The molecule has 0 radical (unpaired) electrons. The van der Waals surface area contributed by atoms with Crippen molar-refractivity contribution in [3.8, 4) is 0 Å². The molecule has 0 saturated carbocycles. The third-order valence-corrected chi connectivity index (χ3v) is 7.73. The van der Waals surface area contributed by atoms with E-state index in [-0.39, 0.29) is 37.1 Å². The van der Waals surface area contributed by atoms with Crippen molar-refractivity contribution in [3.63, 3.8) is 0 Å². The molecule has 3 aliphatic rings. The molecule has 4 aromatic rings. The van der Waals surface area contributed by atoms with E-state index in [0.717, 1.165) is 36.0 Å². The first-order chi connectivity index (χ1) is 18.9. The van der Waals surface area contributed by atoms with E-state index in [1.165, 1.54) is 9.42 Å².